The molecule has 5 heteroatoms. The molecule has 0 amide bonds. The zero-order valence-corrected chi connectivity index (χ0v) is 11.4. The van der Waals surface area contributed by atoms with Gasteiger partial charge in [-0.25, -0.2) is 4.98 Å². The average molecular weight is 261 g/mol. The number of aromatic nitrogens is 3. The number of rotatable bonds is 3. The molecule has 2 rings (SSSR count). The van der Waals surface area contributed by atoms with Crippen molar-refractivity contribution < 1.29 is 4.74 Å². The summed E-state index contributed by atoms with van der Waals surface area (Å²) < 4.78 is 6.09. The molecule has 0 saturated carbocycles. The number of H-pyrrole nitrogens is 1. The standard InChI is InChI=1S/C13H15N3OS/c1-8(2)17-11-5-10(6-14-7-11)12-4-9(3)15-13(18)16-12/h4-8H,1-3H3,(H,15,16,18). The third kappa shape index (κ3) is 3.13. The van der Waals surface area contributed by atoms with Crippen LogP contribution in [-0.2, 0) is 0 Å². The van der Waals surface area contributed by atoms with E-state index in [1.54, 1.807) is 12.4 Å². The van der Waals surface area contributed by atoms with Gasteiger partial charge in [-0.3, -0.25) is 4.98 Å². The Labute approximate surface area is 111 Å². The van der Waals surface area contributed by atoms with E-state index in [0.717, 1.165) is 22.7 Å². The maximum absolute atomic E-state index is 5.61. The van der Waals surface area contributed by atoms with E-state index >= 15 is 0 Å². The molecule has 18 heavy (non-hydrogen) atoms. The minimum atomic E-state index is 0.121. The lowest BCUT2D eigenvalue weighted by atomic mass is 10.2. The molecule has 1 N–H and O–H groups in total. The molecular formula is C13H15N3OS. The van der Waals surface area contributed by atoms with Crippen molar-refractivity contribution in [3.05, 3.63) is 35.0 Å². The van der Waals surface area contributed by atoms with Crippen molar-refractivity contribution in [2.24, 2.45) is 0 Å². The number of aromatic amines is 1. The van der Waals surface area contributed by atoms with E-state index in [-0.39, 0.29) is 6.10 Å². The van der Waals surface area contributed by atoms with Gasteiger partial charge in [-0.05, 0) is 45.1 Å². The second-order valence-electron chi connectivity index (χ2n) is 4.33. The maximum Gasteiger partial charge on any atom is 0.197 e. The van der Waals surface area contributed by atoms with Gasteiger partial charge < -0.3 is 9.72 Å². The van der Waals surface area contributed by atoms with Crippen LogP contribution in [0.4, 0.5) is 0 Å². The van der Waals surface area contributed by atoms with E-state index in [2.05, 4.69) is 15.0 Å². The molecule has 2 aromatic heterocycles. The van der Waals surface area contributed by atoms with Gasteiger partial charge in [-0.15, -0.1) is 0 Å². The summed E-state index contributed by atoms with van der Waals surface area (Å²) in [4.78, 5) is 11.4. The quantitative estimate of drug-likeness (QED) is 0.861. The largest absolute Gasteiger partial charge is 0.489 e. The van der Waals surface area contributed by atoms with E-state index in [1.807, 2.05) is 32.9 Å². The average Bonchev–Trinajstić information content (AvgIpc) is 2.27. The van der Waals surface area contributed by atoms with Crippen LogP contribution in [0.3, 0.4) is 0 Å². The van der Waals surface area contributed by atoms with Gasteiger partial charge in [0.25, 0.3) is 0 Å². The van der Waals surface area contributed by atoms with Gasteiger partial charge in [0.15, 0.2) is 4.77 Å². The molecule has 4 nitrogen and oxygen atoms in total. The molecule has 0 fully saturated rings. The molecule has 0 bridgehead atoms. The molecule has 0 radical (unpaired) electrons. The van der Waals surface area contributed by atoms with Crippen molar-refractivity contribution in [2.45, 2.75) is 26.9 Å². The van der Waals surface area contributed by atoms with E-state index in [4.69, 9.17) is 17.0 Å². The Kier molecular flexibility index (Phi) is 3.72. The van der Waals surface area contributed by atoms with Crippen LogP contribution >= 0.6 is 12.2 Å². The first-order valence-electron chi connectivity index (χ1n) is 5.74. The third-order valence-electron chi connectivity index (χ3n) is 2.26. The van der Waals surface area contributed by atoms with Crippen molar-refractivity contribution in [2.75, 3.05) is 0 Å². The van der Waals surface area contributed by atoms with E-state index < -0.39 is 0 Å². The van der Waals surface area contributed by atoms with Crippen LogP contribution in [0.25, 0.3) is 11.3 Å². The van der Waals surface area contributed by atoms with E-state index in [1.165, 1.54) is 0 Å². The molecular weight excluding hydrogens is 246 g/mol. The second kappa shape index (κ2) is 5.27. The fraction of sp³-hybridized carbons (Fsp3) is 0.308. The van der Waals surface area contributed by atoms with Gasteiger partial charge in [-0.2, -0.15) is 0 Å². The molecule has 0 aromatic carbocycles. The summed E-state index contributed by atoms with van der Waals surface area (Å²) in [5.74, 6) is 0.737. The van der Waals surface area contributed by atoms with Gasteiger partial charge in [0.1, 0.15) is 5.75 Å². The Hall–Kier alpha value is -1.75. The van der Waals surface area contributed by atoms with Crippen LogP contribution in [0.15, 0.2) is 24.5 Å². The highest BCUT2D eigenvalue weighted by Gasteiger charge is 2.04. The van der Waals surface area contributed by atoms with Crippen molar-refractivity contribution in [1.29, 1.82) is 0 Å². The van der Waals surface area contributed by atoms with Crippen LogP contribution in [0.5, 0.6) is 5.75 Å². The predicted molar refractivity (Wildman–Crippen MR) is 73.2 cm³/mol. The normalized spacial score (nSPS) is 10.7. The first-order valence-corrected chi connectivity index (χ1v) is 6.15. The summed E-state index contributed by atoms with van der Waals surface area (Å²) in [5, 5.41) is 0. The van der Waals surface area contributed by atoms with E-state index in [0.29, 0.717) is 4.77 Å². The molecule has 0 aliphatic carbocycles. The summed E-state index contributed by atoms with van der Waals surface area (Å²) in [6.07, 6.45) is 3.57. The lowest BCUT2D eigenvalue weighted by molar-refractivity contribution is 0.241. The molecule has 2 heterocycles. The number of aryl methyl sites for hydroxylation is 1. The molecule has 94 valence electrons. The predicted octanol–water partition coefficient (Wildman–Crippen LogP) is 3.30. The zero-order valence-electron chi connectivity index (χ0n) is 10.6. The minimum absolute atomic E-state index is 0.121. The van der Waals surface area contributed by atoms with Crippen molar-refractivity contribution >= 4 is 12.2 Å². The van der Waals surface area contributed by atoms with Crippen LogP contribution < -0.4 is 4.74 Å². The van der Waals surface area contributed by atoms with Crippen molar-refractivity contribution in [1.82, 2.24) is 15.0 Å². The highest BCUT2D eigenvalue weighted by molar-refractivity contribution is 7.71. The van der Waals surface area contributed by atoms with Crippen LogP contribution in [0.2, 0.25) is 0 Å². The fourth-order valence-corrected chi connectivity index (χ4v) is 1.88. The SMILES string of the molecule is Cc1cc(-c2cncc(OC(C)C)c2)nc(=S)[nH]1. The number of nitrogens with one attached hydrogen (secondary N) is 1. The molecule has 0 saturated heterocycles. The Bertz CT molecular complexity index is 607. The van der Waals surface area contributed by atoms with Gasteiger partial charge in [0.05, 0.1) is 18.0 Å². The fourth-order valence-electron chi connectivity index (χ4n) is 1.62. The summed E-state index contributed by atoms with van der Waals surface area (Å²) in [6.45, 7) is 5.91. The maximum atomic E-state index is 5.61. The Morgan fingerprint density at radius 2 is 2.06 bits per heavy atom. The lowest BCUT2D eigenvalue weighted by Crippen LogP contribution is -2.05. The van der Waals surface area contributed by atoms with Crippen molar-refractivity contribution in [3.8, 4) is 17.0 Å². The lowest BCUT2D eigenvalue weighted by Gasteiger charge is -2.10. The number of nitrogens with zero attached hydrogens (tertiary/aromatic N) is 2. The van der Waals surface area contributed by atoms with E-state index in [9.17, 15) is 0 Å². The molecule has 0 aliphatic heterocycles. The topological polar surface area (TPSA) is 50.8 Å². The Balaban J connectivity index is 2.41. The smallest absolute Gasteiger partial charge is 0.197 e. The number of hydrogen-bond donors (Lipinski definition) is 1. The zero-order chi connectivity index (χ0) is 13.1. The second-order valence-corrected chi connectivity index (χ2v) is 4.72. The Morgan fingerprint density at radius 3 is 2.72 bits per heavy atom. The summed E-state index contributed by atoms with van der Waals surface area (Å²) in [7, 11) is 0. The minimum Gasteiger partial charge on any atom is -0.489 e. The van der Waals surface area contributed by atoms with Gasteiger partial charge in [-0.1, -0.05) is 0 Å². The number of hydrogen-bond acceptors (Lipinski definition) is 4. The molecule has 0 spiro atoms. The van der Waals surface area contributed by atoms with Crippen LogP contribution in [0, 0.1) is 11.7 Å². The Morgan fingerprint density at radius 1 is 1.28 bits per heavy atom. The van der Waals surface area contributed by atoms with Crippen LogP contribution in [-0.4, -0.2) is 21.1 Å². The summed E-state index contributed by atoms with van der Waals surface area (Å²) in [6, 6.07) is 3.86. The first kappa shape index (κ1) is 12.7. The van der Waals surface area contributed by atoms with Gasteiger partial charge in [0, 0.05) is 17.5 Å². The first-order chi connectivity index (χ1) is 8.54. The van der Waals surface area contributed by atoms with Crippen LogP contribution in [0.1, 0.15) is 19.5 Å². The monoisotopic (exact) mass is 261 g/mol. The third-order valence-corrected chi connectivity index (χ3v) is 2.45. The number of ether oxygens (including phenoxy) is 1. The molecule has 2 aromatic rings. The molecule has 0 aliphatic rings. The van der Waals surface area contributed by atoms with Gasteiger partial charge in [0.2, 0.25) is 0 Å². The van der Waals surface area contributed by atoms with Crippen molar-refractivity contribution in [3.63, 3.8) is 0 Å². The molecule has 0 atom stereocenters. The summed E-state index contributed by atoms with van der Waals surface area (Å²) in [5.41, 5.74) is 2.68. The highest BCUT2D eigenvalue weighted by atomic mass is 32.1. The van der Waals surface area contributed by atoms with Gasteiger partial charge >= 0.3 is 0 Å². The number of pyridine rings is 1. The highest BCUT2D eigenvalue weighted by Crippen LogP contribution is 2.21. The molecule has 0 unspecified atom stereocenters. The summed E-state index contributed by atoms with van der Waals surface area (Å²) >= 11 is 5.07.